The van der Waals surface area contributed by atoms with Gasteiger partial charge < -0.3 is 19.8 Å². The summed E-state index contributed by atoms with van der Waals surface area (Å²) in [6.07, 6.45) is 0. The minimum absolute atomic E-state index is 0. The molecule has 7 heavy (non-hydrogen) atoms. The molecule has 0 aromatic carbocycles. The van der Waals surface area contributed by atoms with Gasteiger partial charge in [0.15, 0.2) is 0 Å². The molecular formula is C2H2CeO4. The Hall–Kier alpha value is 0.317. The van der Waals surface area contributed by atoms with E-state index in [-0.39, 0.29) is 41.7 Å². The molecule has 0 spiro atoms. The van der Waals surface area contributed by atoms with E-state index < -0.39 is 12.9 Å². The first-order valence-corrected chi connectivity index (χ1v) is 0.943. The third-order valence-electron chi connectivity index (χ3n) is 0. The Kier molecular flexibility index (Phi) is 74.5. The van der Waals surface area contributed by atoms with Crippen LogP contribution in [-0.4, -0.2) is 12.9 Å². The van der Waals surface area contributed by atoms with Crippen LogP contribution < -0.4 is 10.2 Å². The molecule has 0 heterocycles. The monoisotopic (exact) mass is 230 g/mol. The van der Waals surface area contributed by atoms with Gasteiger partial charge in [-0.15, -0.1) is 0 Å². The van der Waals surface area contributed by atoms with Gasteiger partial charge in [-0.1, -0.05) is 0 Å². The van der Waals surface area contributed by atoms with E-state index in [0.29, 0.717) is 0 Å². The van der Waals surface area contributed by atoms with E-state index in [2.05, 4.69) is 0 Å². The topological polar surface area (TPSA) is 80.3 Å². The molecule has 0 aliphatic rings. The summed E-state index contributed by atoms with van der Waals surface area (Å²) in [6, 6.07) is 0. The Morgan fingerprint density at radius 2 is 1.00 bits per heavy atom. The standard InChI is InChI=1S/2CH2O2.Ce/c2*2-1-3;/h2*1H,(H,2,3);/q;;+2/p-2. The van der Waals surface area contributed by atoms with Crippen molar-refractivity contribution in [1.82, 2.24) is 0 Å². The second-order valence-electron chi connectivity index (χ2n) is 0.192. The summed E-state index contributed by atoms with van der Waals surface area (Å²) >= 11 is 0. The van der Waals surface area contributed by atoms with Crippen LogP contribution in [0.5, 0.6) is 0 Å². The van der Waals surface area contributed by atoms with Crippen molar-refractivity contribution < 1.29 is 61.5 Å². The zero-order valence-electron chi connectivity index (χ0n) is 3.29. The van der Waals surface area contributed by atoms with Crippen LogP contribution in [0, 0.1) is 41.7 Å². The molecule has 0 saturated carbocycles. The van der Waals surface area contributed by atoms with Gasteiger partial charge in [0.1, 0.15) is 0 Å². The van der Waals surface area contributed by atoms with Crippen LogP contribution in [0.15, 0.2) is 0 Å². The maximum Gasteiger partial charge on any atom is 2.00 e. The van der Waals surface area contributed by atoms with E-state index in [4.69, 9.17) is 19.8 Å². The zero-order valence-corrected chi connectivity index (χ0v) is 6.43. The van der Waals surface area contributed by atoms with Crippen molar-refractivity contribution in [2.45, 2.75) is 0 Å². The average molecular weight is 230 g/mol. The van der Waals surface area contributed by atoms with E-state index in [9.17, 15) is 0 Å². The van der Waals surface area contributed by atoms with Gasteiger partial charge in [-0.05, 0) is 0 Å². The number of hydrogen-bond donors (Lipinski definition) is 0. The van der Waals surface area contributed by atoms with E-state index in [1.807, 2.05) is 0 Å². The Morgan fingerprint density at radius 1 is 1.00 bits per heavy atom. The number of carbonyl (C=O) groups is 2. The number of carboxylic acid groups (broad SMARTS) is 2. The number of carbonyl (C=O) groups excluding carboxylic acids is 2. The zero-order chi connectivity index (χ0) is 5.41. The molecule has 0 aromatic rings. The molecule has 0 N–H and O–H groups in total. The summed E-state index contributed by atoms with van der Waals surface area (Å²) in [5.41, 5.74) is 0. The molecule has 4 nitrogen and oxygen atoms in total. The smallest absolute Gasteiger partial charge is 0.554 e. The van der Waals surface area contributed by atoms with E-state index >= 15 is 0 Å². The van der Waals surface area contributed by atoms with Gasteiger partial charge in [0.25, 0.3) is 0 Å². The van der Waals surface area contributed by atoms with Crippen molar-refractivity contribution in [2.75, 3.05) is 0 Å². The van der Waals surface area contributed by atoms with E-state index in [1.54, 1.807) is 0 Å². The fourth-order valence-corrected chi connectivity index (χ4v) is 0. The van der Waals surface area contributed by atoms with E-state index in [0.717, 1.165) is 0 Å². The van der Waals surface area contributed by atoms with Crippen molar-refractivity contribution >= 4 is 12.9 Å². The maximum atomic E-state index is 8.25. The Morgan fingerprint density at radius 3 is 1.00 bits per heavy atom. The molecular weight excluding hydrogens is 228 g/mol. The normalized spacial score (nSPS) is 3.43. The third-order valence-corrected chi connectivity index (χ3v) is 0. The Balaban J connectivity index is -0.0000000400. The van der Waals surface area contributed by atoms with Crippen molar-refractivity contribution in [3.8, 4) is 0 Å². The predicted molar refractivity (Wildman–Crippen MR) is 12.1 cm³/mol. The van der Waals surface area contributed by atoms with Crippen molar-refractivity contribution in [2.24, 2.45) is 0 Å². The van der Waals surface area contributed by atoms with Crippen LogP contribution in [0.1, 0.15) is 0 Å². The third kappa shape index (κ3) is 1170. The SMILES string of the molecule is O=C[O-].O=C[O-].[Ce+2]. The van der Waals surface area contributed by atoms with Crippen LogP contribution in [-0.2, 0) is 9.59 Å². The summed E-state index contributed by atoms with van der Waals surface area (Å²) in [5, 5.41) is 16.5. The number of hydrogen-bond acceptors (Lipinski definition) is 4. The van der Waals surface area contributed by atoms with Crippen LogP contribution >= 0.6 is 0 Å². The van der Waals surface area contributed by atoms with Gasteiger partial charge in [-0.2, -0.15) is 0 Å². The minimum atomic E-state index is -0.500. The van der Waals surface area contributed by atoms with Crippen molar-refractivity contribution in [1.29, 1.82) is 0 Å². The molecule has 0 unspecified atom stereocenters. The summed E-state index contributed by atoms with van der Waals surface area (Å²) in [7, 11) is 0. The van der Waals surface area contributed by atoms with Gasteiger partial charge in [0, 0.05) is 12.9 Å². The minimum Gasteiger partial charge on any atom is -0.554 e. The largest absolute Gasteiger partial charge is 2.00 e. The summed E-state index contributed by atoms with van der Waals surface area (Å²) < 4.78 is 0. The fourth-order valence-electron chi connectivity index (χ4n) is 0. The fraction of sp³-hybridized carbons (Fsp3) is 0. The molecule has 0 saturated heterocycles. The first-order valence-electron chi connectivity index (χ1n) is 0.943. The summed E-state index contributed by atoms with van der Waals surface area (Å²) in [6.45, 7) is -1.00. The maximum absolute atomic E-state index is 8.25. The summed E-state index contributed by atoms with van der Waals surface area (Å²) in [5.74, 6) is 0. The summed E-state index contributed by atoms with van der Waals surface area (Å²) in [4.78, 5) is 16.5. The van der Waals surface area contributed by atoms with Crippen LogP contribution in [0.2, 0.25) is 0 Å². The molecule has 0 aliphatic carbocycles. The molecule has 0 bridgehead atoms. The van der Waals surface area contributed by atoms with Crippen molar-refractivity contribution in [3.63, 3.8) is 0 Å². The van der Waals surface area contributed by atoms with Gasteiger partial charge in [0.05, 0.1) is 0 Å². The second-order valence-corrected chi connectivity index (χ2v) is 0.192. The van der Waals surface area contributed by atoms with Crippen LogP contribution in [0.25, 0.3) is 0 Å². The Bertz CT molecular complexity index is 30.7. The second kappa shape index (κ2) is 33.3. The van der Waals surface area contributed by atoms with Gasteiger partial charge in [-0.25, -0.2) is 0 Å². The average Bonchev–Trinajstić information content (AvgIpc) is 1.39. The molecule has 0 amide bonds. The van der Waals surface area contributed by atoms with Gasteiger partial charge in [-0.3, -0.25) is 0 Å². The molecule has 0 rings (SSSR count). The molecule has 0 atom stereocenters. The Labute approximate surface area is 73.9 Å². The molecule has 5 heteroatoms. The van der Waals surface area contributed by atoms with Gasteiger partial charge >= 0.3 is 41.7 Å². The molecule has 0 aliphatic heterocycles. The molecule has 38 valence electrons. The first-order chi connectivity index (χ1) is 2.83. The quantitative estimate of drug-likeness (QED) is 0.409. The van der Waals surface area contributed by atoms with E-state index in [1.165, 1.54) is 0 Å². The predicted octanol–water partition coefficient (Wildman–Crippen LogP) is -3.27. The van der Waals surface area contributed by atoms with Gasteiger partial charge in [0.2, 0.25) is 0 Å². The molecule has 0 radical (unpaired) electrons. The van der Waals surface area contributed by atoms with Crippen LogP contribution in [0.3, 0.4) is 0 Å². The molecule has 0 fully saturated rings. The number of rotatable bonds is 0. The van der Waals surface area contributed by atoms with Crippen LogP contribution in [0.4, 0.5) is 0 Å². The first kappa shape index (κ1) is 15.7. The van der Waals surface area contributed by atoms with Crippen molar-refractivity contribution in [3.05, 3.63) is 0 Å². The molecule has 0 aromatic heterocycles.